The number of hydrogen-bond donors (Lipinski definition) is 0. The summed E-state index contributed by atoms with van der Waals surface area (Å²) >= 11 is 0. The maximum absolute atomic E-state index is 10.6. The fourth-order valence-electron chi connectivity index (χ4n) is 0.653. The van der Waals surface area contributed by atoms with Crippen LogP contribution in [0.25, 0.3) is 0 Å². The smallest absolute Gasteiger partial charge is 0.150 e. The van der Waals surface area contributed by atoms with Gasteiger partial charge in [-0.05, 0) is 22.8 Å². The summed E-state index contributed by atoms with van der Waals surface area (Å²) in [7, 11) is 3.80. The van der Waals surface area contributed by atoms with Crippen LogP contribution in [0.4, 0.5) is 0 Å². The molecule has 0 aromatic heterocycles. The van der Waals surface area contributed by atoms with Gasteiger partial charge < -0.3 is 0 Å². The van der Waals surface area contributed by atoms with Crippen molar-refractivity contribution in [2.45, 2.75) is 4.90 Å². The maximum atomic E-state index is 10.6. The minimum atomic E-state index is -1.48. The highest BCUT2D eigenvalue weighted by molar-refractivity contribution is 8.08. The molecule has 1 aromatic rings. The van der Waals surface area contributed by atoms with Gasteiger partial charge in [0.1, 0.15) is 16.3 Å². The first-order chi connectivity index (χ1) is 5.24. The van der Waals surface area contributed by atoms with Gasteiger partial charge in [-0.2, -0.15) is 0 Å². The summed E-state index contributed by atoms with van der Waals surface area (Å²) in [5, 5.41) is 0. The molecule has 0 amide bonds. The first-order valence-corrected chi connectivity index (χ1v) is 4.85. The predicted octanol–water partition coefficient (Wildman–Crippen LogP) is 1.76. The molecule has 0 spiro atoms. The molecule has 4 heteroatoms. The van der Waals surface area contributed by atoms with Crippen molar-refractivity contribution >= 4 is 27.0 Å². The van der Waals surface area contributed by atoms with Gasteiger partial charge in [-0.3, -0.25) is 4.79 Å². The zero-order chi connectivity index (χ0) is 8.27. The minimum Gasteiger partial charge on any atom is -0.298 e. The van der Waals surface area contributed by atoms with Gasteiger partial charge in [-0.25, -0.2) is 4.21 Å². The molecule has 0 saturated carbocycles. The minimum absolute atomic E-state index is 0.511. The van der Waals surface area contributed by atoms with Crippen molar-refractivity contribution in [1.29, 1.82) is 0 Å². The van der Waals surface area contributed by atoms with Crippen LogP contribution in [0.15, 0.2) is 29.2 Å². The number of halogens is 1. The van der Waals surface area contributed by atoms with Crippen LogP contribution in [0.2, 0.25) is 0 Å². The van der Waals surface area contributed by atoms with Gasteiger partial charge >= 0.3 is 0 Å². The van der Waals surface area contributed by atoms with Gasteiger partial charge in [-0.1, -0.05) is 12.1 Å². The lowest BCUT2D eigenvalue weighted by Crippen LogP contribution is -1.83. The van der Waals surface area contributed by atoms with E-state index in [1.807, 2.05) is 0 Å². The maximum Gasteiger partial charge on any atom is 0.150 e. The second-order valence-electron chi connectivity index (χ2n) is 1.91. The first-order valence-electron chi connectivity index (χ1n) is 2.87. The van der Waals surface area contributed by atoms with E-state index in [1.165, 1.54) is 0 Å². The highest BCUT2D eigenvalue weighted by atomic mass is 35.7. The molecule has 0 heterocycles. The standard InChI is InChI=1S/C7H5ClO2S/c8-11(10)7-3-1-6(5-9)2-4-7/h1-5H. The molecule has 0 aliphatic carbocycles. The van der Waals surface area contributed by atoms with E-state index in [0.717, 1.165) is 6.29 Å². The van der Waals surface area contributed by atoms with Gasteiger partial charge in [0.05, 0.1) is 4.90 Å². The van der Waals surface area contributed by atoms with Crippen LogP contribution >= 0.6 is 10.7 Å². The molecule has 0 radical (unpaired) electrons. The summed E-state index contributed by atoms with van der Waals surface area (Å²) in [6.45, 7) is 0. The molecule has 0 aliphatic heterocycles. The lowest BCUT2D eigenvalue weighted by atomic mass is 10.2. The molecule has 0 aliphatic rings. The van der Waals surface area contributed by atoms with Gasteiger partial charge in [0.15, 0.2) is 0 Å². The highest BCUT2D eigenvalue weighted by Gasteiger charge is 1.97. The Kier molecular flexibility index (Phi) is 2.79. The number of benzene rings is 1. The fourth-order valence-corrected chi connectivity index (χ4v) is 1.31. The molecule has 2 nitrogen and oxygen atoms in total. The summed E-state index contributed by atoms with van der Waals surface area (Å²) < 4.78 is 10.6. The Morgan fingerprint density at radius 1 is 1.27 bits per heavy atom. The van der Waals surface area contributed by atoms with E-state index in [9.17, 15) is 9.00 Å². The monoisotopic (exact) mass is 188 g/mol. The third kappa shape index (κ3) is 2.13. The van der Waals surface area contributed by atoms with Crippen molar-refractivity contribution in [3.8, 4) is 0 Å². The zero-order valence-corrected chi connectivity index (χ0v) is 7.06. The van der Waals surface area contributed by atoms with Crippen LogP contribution in [0, 0.1) is 0 Å². The molecule has 1 unspecified atom stereocenters. The Hall–Kier alpha value is -0.670. The van der Waals surface area contributed by atoms with E-state index in [0.29, 0.717) is 10.5 Å². The second kappa shape index (κ2) is 3.64. The van der Waals surface area contributed by atoms with E-state index in [1.54, 1.807) is 24.3 Å². The molecule has 11 heavy (non-hydrogen) atoms. The highest BCUT2D eigenvalue weighted by Crippen LogP contribution is 2.09. The van der Waals surface area contributed by atoms with E-state index in [4.69, 9.17) is 10.7 Å². The van der Waals surface area contributed by atoms with Crippen molar-refractivity contribution in [2.75, 3.05) is 0 Å². The lowest BCUT2D eigenvalue weighted by molar-refractivity contribution is 0.112. The van der Waals surface area contributed by atoms with E-state index in [2.05, 4.69) is 0 Å². The number of hydrogen-bond acceptors (Lipinski definition) is 2. The van der Waals surface area contributed by atoms with Gasteiger partial charge in [-0.15, -0.1) is 0 Å². The molecule has 0 N–H and O–H groups in total. The van der Waals surface area contributed by atoms with Crippen LogP contribution < -0.4 is 0 Å². The Bertz CT molecular complexity index is 281. The van der Waals surface area contributed by atoms with E-state index < -0.39 is 10.0 Å². The van der Waals surface area contributed by atoms with Crippen LogP contribution in [0.5, 0.6) is 0 Å². The zero-order valence-electron chi connectivity index (χ0n) is 5.49. The molecular formula is C7H5ClO2S. The van der Waals surface area contributed by atoms with Crippen molar-refractivity contribution in [1.82, 2.24) is 0 Å². The quantitative estimate of drug-likeness (QED) is 0.524. The van der Waals surface area contributed by atoms with Crippen molar-refractivity contribution in [2.24, 2.45) is 0 Å². The average Bonchev–Trinajstić information content (AvgIpc) is 2.05. The summed E-state index contributed by atoms with van der Waals surface area (Å²) in [6, 6.07) is 6.27. The number of rotatable bonds is 2. The summed E-state index contributed by atoms with van der Waals surface area (Å²) in [5.41, 5.74) is 0.552. The average molecular weight is 189 g/mol. The Morgan fingerprint density at radius 3 is 2.18 bits per heavy atom. The largest absolute Gasteiger partial charge is 0.298 e. The SMILES string of the molecule is O=Cc1ccc(S(=O)Cl)cc1. The molecule has 1 aromatic carbocycles. The first kappa shape index (κ1) is 8.43. The van der Waals surface area contributed by atoms with Crippen molar-refractivity contribution in [3.05, 3.63) is 29.8 Å². The topological polar surface area (TPSA) is 34.1 Å². The third-order valence-corrected chi connectivity index (χ3v) is 2.38. The molecular weight excluding hydrogens is 184 g/mol. The molecule has 58 valence electrons. The van der Waals surface area contributed by atoms with Crippen LogP contribution in [-0.2, 0) is 10.0 Å². The van der Waals surface area contributed by atoms with E-state index >= 15 is 0 Å². The molecule has 1 rings (SSSR count). The summed E-state index contributed by atoms with van der Waals surface area (Å²) in [4.78, 5) is 10.7. The van der Waals surface area contributed by atoms with Gasteiger partial charge in [0, 0.05) is 5.56 Å². The van der Waals surface area contributed by atoms with Crippen LogP contribution in [0.3, 0.4) is 0 Å². The van der Waals surface area contributed by atoms with Crippen molar-refractivity contribution in [3.63, 3.8) is 0 Å². The third-order valence-electron chi connectivity index (χ3n) is 1.20. The molecule has 1 atom stereocenters. The number of carbonyl (C=O) groups excluding carboxylic acids is 1. The van der Waals surface area contributed by atoms with Crippen molar-refractivity contribution < 1.29 is 9.00 Å². The Labute approximate surface area is 71.1 Å². The second-order valence-corrected chi connectivity index (χ2v) is 3.67. The van der Waals surface area contributed by atoms with Gasteiger partial charge in [0.25, 0.3) is 0 Å². The lowest BCUT2D eigenvalue weighted by Gasteiger charge is -1.92. The fraction of sp³-hybridized carbons (Fsp3) is 0. The van der Waals surface area contributed by atoms with Gasteiger partial charge in [0.2, 0.25) is 0 Å². The number of carbonyl (C=O) groups is 1. The normalized spacial score (nSPS) is 12.5. The Balaban J connectivity index is 3.00. The summed E-state index contributed by atoms with van der Waals surface area (Å²) in [6.07, 6.45) is 0.723. The number of aldehydes is 1. The predicted molar refractivity (Wildman–Crippen MR) is 44.1 cm³/mol. The van der Waals surface area contributed by atoms with Crippen LogP contribution in [-0.4, -0.2) is 10.5 Å². The molecule has 0 saturated heterocycles. The Morgan fingerprint density at radius 2 is 1.82 bits per heavy atom. The molecule has 0 fully saturated rings. The van der Waals surface area contributed by atoms with Crippen LogP contribution in [0.1, 0.15) is 10.4 Å². The molecule has 0 bridgehead atoms. The van der Waals surface area contributed by atoms with E-state index in [-0.39, 0.29) is 0 Å². The summed E-state index contributed by atoms with van der Waals surface area (Å²) in [5.74, 6) is 0.